The number of hydrogen-bond acceptors (Lipinski definition) is 3. The summed E-state index contributed by atoms with van der Waals surface area (Å²) in [5.41, 5.74) is 7.94. The highest BCUT2D eigenvalue weighted by molar-refractivity contribution is 8.13. The van der Waals surface area contributed by atoms with Crippen molar-refractivity contribution in [2.24, 2.45) is 10.7 Å². The van der Waals surface area contributed by atoms with Gasteiger partial charge in [0.1, 0.15) is 5.75 Å². The van der Waals surface area contributed by atoms with Gasteiger partial charge in [0.2, 0.25) is 0 Å². The van der Waals surface area contributed by atoms with Crippen LogP contribution in [-0.2, 0) is 0 Å². The number of ether oxygens (including phenoxy) is 1. The zero-order valence-corrected chi connectivity index (χ0v) is 13.3. The van der Waals surface area contributed by atoms with Crippen LogP contribution in [0.3, 0.4) is 0 Å². The first-order valence-electron chi connectivity index (χ1n) is 6.55. The van der Waals surface area contributed by atoms with Crippen LogP contribution in [0.5, 0.6) is 5.75 Å². The Morgan fingerprint density at radius 2 is 2.00 bits per heavy atom. The molecule has 0 heterocycles. The van der Waals surface area contributed by atoms with Gasteiger partial charge in [-0.3, -0.25) is 0 Å². The number of rotatable bonds is 5. The molecule has 21 heavy (non-hydrogen) atoms. The van der Waals surface area contributed by atoms with Crippen LogP contribution in [0.1, 0.15) is 5.56 Å². The number of nitrogens with zero attached hydrogens (tertiary/aromatic N) is 1. The van der Waals surface area contributed by atoms with E-state index in [-0.39, 0.29) is 0 Å². The summed E-state index contributed by atoms with van der Waals surface area (Å²) in [5.74, 6) is 1.54. The van der Waals surface area contributed by atoms with E-state index < -0.39 is 0 Å². The molecule has 0 saturated heterocycles. The van der Waals surface area contributed by atoms with Crippen molar-refractivity contribution in [3.8, 4) is 5.75 Å². The highest BCUT2D eigenvalue weighted by Gasteiger charge is 1.98. The summed E-state index contributed by atoms with van der Waals surface area (Å²) in [4.78, 5) is 4.36. The van der Waals surface area contributed by atoms with Gasteiger partial charge in [-0.2, -0.15) is 0 Å². The summed E-state index contributed by atoms with van der Waals surface area (Å²) in [5, 5.41) is 1.24. The molecule has 0 aromatic heterocycles. The van der Waals surface area contributed by atoms with E-state index in [1.54, 1.807) is 12.1 Å². The smallest absolute Gasteiger partial charge is 0.159 e. The van der Waals surface area contributed by atoms with Gasteiger partial charge in [0.15, 0.2) is 5.17 Å². The predicted octanol–water partition coefficient (Wildman–Crippen LogP) is 4.41. The van der Waals surface area contributed by atoms with Crippen LogP contribution in [0.2, 0.25) is 5.02 Å². The van der Waals surface area contributed by atoms with Gasteiger partial charge < -0.3 is 10.5 Å². The van der Waals surface area contributed by atoms with Crippen molar-refractivity contribution in [2.45, 2.75) is 6.92 Å². The molecule has 0 aliphatic heterocycles. The first-order chi connectivity index (χ1) is 10.1. The molecule has 3 nitrogen and oxygen atoms in total. The molecule has 2 N–H and O–H groups in total. The molecule has 0 aliphatic carbocycles. The van der Waals surface area contributed by atoms with Crippen LogP contribution in [0.25, 0.3) is 0 Å². The Morgan fingerprint density at radius 3 is 2.71 bits per heavy atom. The molecule has 0 amide bonds. The van der Waals surface area contributed by atoms with E-state index in [1.807, 2.05) is 43.3 Å². The molecular weight excluding hydrogens is 304 g/mol. The lowest BCUT2D eigenvalue weighted by Crippen LogP contribution is -2.10. The highest BCUT2D eigenvalue weighted by atomic mass is 35.5. The third kappa shape index (κ3) is 5.69. The molecule has 0 saturated carbocycles. The SMILES string of the molecule is Cc1cccc(N=C(N)SCCOc2ccc(Cl)cc2)c1. The summed E-state index contributed by atoms with van der Waals surface area (Å²) in [6.45, 7) is 2.60. The third-order valence-electron chi connectivity index (χ3n) is 2.66. The molecule has 5 heteroatoms. The molecule has 0 spiro atoms. The van der Waals surface area contributed by atoms with Crippen LogP contribution in [-0.4, -0.2) is 17.5 Å². The van der Waals surface area contributed by atoms with E-state index in [9.17, 15) is 0 Å². The van der Waals surface area contributed by atoms with Crippen LogP contribution in [0, 0.1) is 6.92 Å². The Bertz CT molecular complexity index is 614. The average Bonchev–Trinajstić information content (AvgIpc) is 2.45. The van der Waals surface area contributed by atoms with E-state index in [0.29, 0.717) is 16.8 Å². The normalized spacial score (nSPS) is 11.4. The molecule has 2 aromatic rings. The number of benzene rings is 2. The third-order valence-corrected chi connectivity index (χ3v) is 3.67. The van der Waals surface area contributed by atoms with Gasteiger partial charge in [-0.25, -0.2) is 4.99 Å². The molecule has 0 aliphatic rings. The van der Waals surface area contributed by atoms with Crippen molar-refractivity contribution in [3.05, 3.63) is 59.1 Å². The zero-order valence-electron chi connectivity index (χ0n) is 11.8. The first-order valence-corrected chi connectivity index (χ1v) is 7.92. The van der Waals surface area contributed by atoms with E-state index in [1.165, 1.54) is 17.3 Å². The highest BCUT2D eigenvalue weighted by Crippen LogP contribution is 2.17. The molecule has 0 unspecified atom stereocenters. The summed E-state index contributed by atoms with van der Waals surface area (Å²) in [6, 6.07) is 15.2. The quantitative estimate of drug-likeness (QED) is 0.504. The minimum Gasteiger partial charge on any atom is -0.493 e. The largest absolute Gasteiger partial charge is 0.493 e. The van der Waals surface area contributed by atoms with Crippen LogP contribution in [0.4, 0.5) is 5.69 Å². The lowest BCUT2D eigenvalue weighted by atomic mass is 10.2. The molecule has 2 aromatic carbocycles. The maximum atomic E-state index is 5.90. The van der Waals surface area contributed by atoms with Crippen LogP contribution >= 0.6 is 23.4 Å². The van der Waals surface area contributed by atoms with Crippen molar-refractivity contribution >= 4 is 34.2 Å². The van der Waals surface area contributed by atoms with Gasteiger partial charge in [-0.15, -0.1) is 0 Å². The Hall–Kier alpha value is -1.65. The van der Waals surface area contributed by atoms with Gasteiger partial charge in [0.25, 0.3) is 0 Å². The molecule has 0 radical (unpaired) electrons. The van der Waals surface area contributed by atoms with Crippen molar-refractivity contribution < 1.29 is 4.74 Å². The molecule has 110 valence electrons. The fourth-order valence-corrected chi connectivity index (χ4v) is 2.37. The van der Waals surface area contributed by atoms with Crippen molar-refractivity contribution in [1.82, 2.24) is 0 Å². The van der Waals surface area contributed by atoms with Gasteiger partial charge in [0, 0.05) is 10.8 Å². The summed E-state index contributed by atoms with van der Waals surface area (Å²) in [7, 11) is 0. The standard InChI is InChI=1S/C16H17ClN2OS/c1-12-3-2-4-14(11-12)19-16(18)21-10-9-20-15-7-5-13(17)6-8-15/h2-8,11H,9-10H2,1H3,(H2,18,19). The molecular formula is C16H17ClN2OS. The first kappa shape index (κ1) is 15.7. The lowest BCUT2D eigenvalue weighted by Gasteiger charge is -2.06. The second kappa shape index (κ2) is 7.96. The number of thioether (sulfide) groups is 1. The second-order valence-corrected chi connectivity index (χ2v) is 5.99. The zero-order chi connectivity index (χ0) is 15.1. The number of amidine groups is 1. The topological polar surface area (TPSA) is 47.6 Å². The van der Waals surface area contributed by atoms with E-state index >= 15 is 0 Å². The van der Waals surface area contributed by atoms with E-state index in [2.05, 4.69) is 4.99 Å². The fraction of sp³-hybridized carbons (Fsp3) is 0.188. The number of aliphatic imine (C=N–C) groups is 1. The second-order valence-electron chi connectivity index (χ2n) is 4.44. The molecule has 0 bridgehead atoms. The van der Waals surface area contributed by atoms with Crippen LogP contribution in [0.15, 0.2) is 53.5 Å². The Morgan fingerprint density at radius 1 is 1.24 bits per heavy atom. The summed E-state index contributed by atoms with van der Waals surface area (Å²) < 4.78 is 5.59. The lowest BCUT2D eigenvalue weighted by molar-refractivity contribution is 0.344. The molecule has 2 rings (SSSR count). The fourth-order valence-electron chi connectivity index (χ4n) is 1.69. The maximum Gasteiger partial charge on any atom is 0.159 e. The van der Waals surface area contributed by atoms with Gasteiger partial charge in [-0.1, -0.05) is 35.5 Å². The maximum absolute atomic E-state index is 5.90. The van der Waals surface area contributed by atoms with Gasteiger partial charge in [-0.05, 0) is 48.9 Å². The molecule has 0 atom stereocenters. The monoisotopic (exact) mass is 320 g/mol. The molecule has 0 fully saturated rings. The number of halogens is 1. The Kier molecular flexibility index (Phi) is 5.96. The van der Waals surface area contributed by atoms with E-state index in [0.717, 1.165) is 17.2 Å². The predicted molar refractivity (Wildman–Crippen MR) is 91.9 cm³/mol. The summed E-state index contributed by atoms with van der Waals surface area (Å²) in [6.07, 6.45) is 0. The van der Waals surface area contributed by atoms with E-state index in [4.69, 9.17) is 22.1 Å². The van der Waals surface area contributed by atoms with Gasteiger partial charge >= 0.3 is 0 Å². The van der Waals surface area contributed by atoms with Crippen molar-refractivity contribution in [2.75, 3.05) is 12.4 Å². The van der Waals surface area contributed by atoms with Crippen molar-refractivity contribution in [3.63, 3.8) is 0 Å². The minimum atomic E-state index is 0.542. The Balaban J connectivity index is 1.76. The number of aryl methyl sites for hydroxylation is 1. The Labute approximate surface area is 134 Å². The summed E-state index contributed by atoms with van der Waals surface area (Å²) >= 11 is 7.29. The average molecular weight is 321 g/mol. The van der Waals surface area contributed by atoms with Crippen molar-refractivity contribution in [1.29, 1.82) is 0 Å². The number of hydrogen-bond donors (Lipinski definition) is 1. The van der Waals surface area contributed by atoms with Gasteiger partial charge in [0.05, 0.1) is 12.3 Å². The van der Waals surface area contributed by atoms with Crippen LogP contribution < -0.4 is 10.5 Å². The number of nitrogens with two attached hydrogens (primary N) is 1. The minimum absolute atomic E-state index is 0.542.